The van der Waals surface area contributed by atoms with Crippen molar-refractivity contribution in [2.24, 2.45) is 0 Å². The third-order valence-electron chi connectivity index (χ3n) is 2.06. The second kappa shape index (κ2) is 4.03. The van der Waals surface area contributed by atoms with Crippen LogP contribution in [-0.4, -0.2) is 8.76 Å². The van der Waals surface area contributed by atoms with E-state index < -0.39 is 11.1 Å². The molecule has 0 amide bonds. The number of rotatable bonds is 2. The summed E-state index contributed by atoms with van der Waals surface area (Å²) in [5, 5.41) is 0. The zero-order chi connectivity index (χ0) is 10.0. The maximum atomic E-state index is 10.7. The predicted octanol–water partition coefficient (Wildman–Crippen LogP) is 2.70. The van der Waals surface area contributed by atoms with E-state index in [-0.39, 0.29) is 0 Å². The van der Waals surface area contributed by atoms with Gasteiger partial charge in [0.25, 0.3) is 0 Å². The lowest BCUT2D eigenvalue weighted by atomic mass is 9.98. The molecule has 0 aliphatic carbocycles. The Kier molecular flexibility index (Phi) is 3.22. The average Bonchev–Trinajstić information content (AvgIpc) is 2.03. The quantitative estimate of drug-likeness (QED) is 0.742. The molecule has 0 spiro atoms. The van der Waals surface area contributed by atoms with Gasteiger partial charge in [0.2, 0.25) is 0 Å². The fraction of sp³-hybridized carbons (Fsp3) is 0.400. The van der Waals surface area contributed by atoms with E-state index in [4.69, 9.17) is 4.55 Å². The number of hydrogen-bond acceptors (Lipinski definition) is 1. The van der Waals surface area contributed by atoms with Crippen LogP contribution < -0.4 is 0 Å². The zero-order valence-electron chi connectivity index (χ0n) is 8.07. The van der Waals surface area contributed by atoms with Crippen LogP contribution >= 0.6 is 0 Å². The van der Waals surface area contributed by atoms with Crippen molar-refractivity contribution in [1.29, 1.82) is 0 Å². The molecule has 1 atom stereocenters. The van der Waals surface area contributed by atoms with Gasteiger partial charge in [-0.05, 0) is 36.1 Å². The fourth-order valence-electron chi connectivity index (χ4n) is 1.40. The topological polar surface area (TPSA) is 37.3 Å². The van der Waals surface area contributed by atoms with Crippen molar-refractivity contribution in [3.05, 3.63) is 29.3 Å². The van der Waals surface area contributed by atoms with Gasteiger partial charge in [0, 0.05) is 0 Å². The largest absolute Gasteiger partial charge is 0.302 e. The Hall–Kier alpha value is -0.670. The lowest BCUT2D eigenvalue weighted by Gasteiger charge is -2.09. The Balaban J connectivity index is 3.13. The average molecular weight is 198 g/mol. The SMILES string of the molecule is Cc1cc(S(=O)O)ccc1C(C)C. The van der Waals surface area contributed by atoms with E-state index in [9.17, 15) is 4.21 Å². The van der Waals surface area contributed by atoms with Gasteiger partial charge < -0.3 is 4.55 Å². The van der Waals surface area contributed by atoms with Gasteiger partial charge in [-0.3, -0.25) is 0 Å². The van der Waals surface area contributed by atoms with E-state index >= 15 is 0 Å². The minimum absolute atomic E-state index is 0.459. The summed E-state index contributed by atoms with van der Waals surface area (Å²) in [5.74, 6) is 0.459. The standard InChI is InChI=1S/C10H14O2S/c1-7(2)10-5-4-9(13(11)12)6-8(10)3/h4-7H,1-3H3,(H,11,12). The summed E-state index contributed by atoms with van der Waals surface area (Å²) in [6.45, 7) is 6.18. The van der Waals surface area contributed by atoms with E-state index in [1.165, 1.54) is 5.56 Å². The maximum absolute atomic E-state index is 10.7. The first kappa shape index (κ1) is 10.4. The molecule has 0 fully saturated rings. The van der Waals surface area contributed by atoms with Crippen molar-refractivity contribution in [2.45, 2.75) is 31.6 Å². The van der Waals surface area contributed by atoms with Crippen LogP contribution in [0.5, 0.6) is 0 Å². The van der Waals surface area contributed by atoms with Gasteiger partial charge in [0.05, 0.1) is 4.90 Å². The van der Waals surface area contributed by atoms with Crippen molar-refractivity contribution in [1.82, 2.24) is 0 Å². The molecule has 2 nitrogen and oxygen atoms in total. The van der Waals surface area contributed by atoms with Gasteiger partial charge >= 0.3 is 0 Å². The van der Waals surface area contributed by atoms with E-state index in [0.29, 0.717) is 10.8 Å². The molecule has 3 heteroatoms. The third-order valence-corrected chi connectivity index (χ3v) is 2.72. The fourth-order valence-corrected chi connectivity index (χ4v) is 1.87. The molecule has 1 unspecified atom stereocenters. The molecular formula is C10H14O2S. The summed E-state index contributed by atoms with van der Waals surface area (Å²) >= 11 is -1.86. The van der Waals surface area contributed by atoms with Crippen LogP contribution in [0.25, 0.3) is 0 Å². The van der Waals surface area contributed by atoms with E-state index in [1.807, 2.05) is 13.0 Å². The van der Waals surface area contributed by atoms with Gasteiger partial charge in [0.15, 0.2) is 11.1 Å². The van der Waals surface area contributed by atoms with E-state index in [0.717, 1.165) is 5.56 Å². The maximum Gasteiger partial charge on any atom is 0.186 e. The number of hydrogen-bond donors (Lipinski definition) is 1. The molecule has 13 heavy (non-hydrogen) atoms. The second-order valence-corrected chi connectivity index (χ2v) is 4.39. The monoisotopic (exact) mass is 198 g/mol. The molecule has 72 valence electrons. The van der Waals surface area contributed by atoms with Gasteiger partial charge in [0.1, 0.15) is 0 Å². The minimum atomic E-state index is -1.86. The summed E-state index contributed by atoms with van der Waals surface area (Å²) in [6.07, 6.45) is 0. The zero-order valence-corrected chi connectivity index (χ0v) is 8.89. The van der Waals surface area contributed by atoms with Crippen molar-refractivity contribution >= 4 is 11.1 Å². The molecule has 0 aromatic heterocycles. The summed E-state index contributed by atoms with van der Waals surface area (Å²) in [5.41, 5.74) is 2.31. The Morgan fingerprint density at radius 3 is 2.38 bits per heavy atom. The lowest BCUT2D eigenvalue weighted by molar-refractivity contribution is 0.564. The smallest absolute Gasteiger partial charge is 0.186 e. The van der Waals surface area contributed by atoms with Crippen molar-refractivity contribution in [3.63, 3.8) is 0 Å². The van der Waals surface area contributed by atoms with Gasteiger partial charge in [-0.25, -0.2) is 4.21 Å². The Bertz CT molecular complexity index is 332. The highest BCUT2D eigenvalue weighted by Crippen LogP contribution is 2.20. The van der Waals surface area contributed by atoms with Gasteiger partial charge in [-0.1, -0.05) is 19.9 Å². The summed E-state index contributed by atoms with van der Waals surface area (Å²) in [4.78, 5) is 0.474. The molecule has 0 heterocycles. The van der Waals surface area contributed by atoms with Crippen molar-refractivity contribution in [3.8, 4) is 0 Å². The van der Waals surface area contributed by atoms with Gasteiger partial charge in [-0.15, -0.1) is 0 Å². The van der Waals surface area contributed by atoms with Crippen molar-refractivity contribution < 1.29 is 8.76 Å². The van der Waals surface area contributed by atoms with Crippen LogP contribution in [-0.2, 0) is 11.1 Å². The summed E-state index contributed by atoms with van der Waals surface area (Å²) < 4.78 is 19.6. The van der Waals surface area contributed by atoms with Crippen LogP contribution in [0.2, 0.25) is 0 Å². The molecule has 0 aliphatic rings. The highest BCUT2D eigenvalue weighted by Gasteiger charge is 2.06. The molecule has 1 aromatic rings. The first-order valence-electron chi connectivity index (χ1n) is 4.23. The highest BCUT2D eigenvalue weighted by atomic mass is 32.2. The molecular weight excluding hydrogens is 184 g/mol. The summed E-state index contributed by atoms with van der Waals surface area (Å²) in [7, 11) is 0. The Morgan fingerprint density at radius 1 is 1.38 bits per heavy atom. The van der Waals surface area contributed by atoms with Crippen LogP contribution in [0.3, 0.4) is 0 Å². The third kappa shape index (κ3) is 2.39. The highest BCUT2D eigenvalue weighted by molar-refractivity contribution is 7.79. The van der Waals surface area contributed by atoms with E-state index in [1.54, 1.807) is 12.1 Å². The minimum Gasteiger partial charge on any atom is -0.302 e. The van der Waals surface area contributed by atoms with Crippen LogP contribution in [0, 0.1) is 6.92 Å². The molecule has 0 saturated carbocycles. The van der Waals surface area contributed by atoms with Gasteiger partial charge in [-0.2, -0.15) is 0 Å². The summed E-state index contributed by atoms with van der Waals surface area (Å²) in [6, 6.07) is 5.40. The Labute approximate surface area is 81.3 Å². The van der Waals surface area contributed by atoms with Crippen LogP contribution in [0.1, 0.15) is 30.9 Å². The van der Waals surface area contributed by atoms with Crippen molar-refractivity contribution in [2.75, 3.05) is 0 Å². The van der Waals surface area contributed by atoms with E-state index in [2.05, 4.69) is 13.8 Å². The lowest BCUT2D eigenvalue weighted by Crippen LogP contribution is -1.95. The molecule has 1 rings (SSSR count). The number of aryl methyl sites for hydroxylation is 1. The molecule has 1 aromatic carbocycles. The number of benzene rings is 1. The van der Waals surface area contributed by atoms with Crippen LogP contribution in [0.4, 0.5) is 0 Å². The molecule has 0 saturated heterocycles. The Morgan fingerprint density at radius 2 is 2.00 bits per heavy atom. The molecule has 1 N–H and O–H groups in total. The molecule has 0 bridgehead atoms. The molecule has 0 aliphatic heterocycles. The first-order valence-corrected chi connectivity index (χ1v) is 5.34. The normalized spacial score (nSPS) is 13.3. The molecule has 0 radical (unpaired) electrons. The second-order valence-electron chi connectivity index (χ2n) is 3.42. The first-order chi connectivity index (χ1) is 6.02. The van der Waals surface area contributed by atoms with Crippen LogP contribution in [0.15, 0.2) is 23.1 Å². The predicted molar refractivity (Wildman–Crippen MR) is 54.3 cm³/mol.